The van der Waals surface area contributed by atoms with Gasteiger partial charge in [-0.15, -0.1) is 6.58 Å². The van der Waals surface area contributed by atoms with Gasteiger partial charge >= 0.3 is 6.03 Å². The van der Waals surface area contributed by atoms with E-state index in [9.17, 15) is 18.8 Å². The van der Waals surface area contributed by atoms with Gasteiger partial charge in [-0.05, 0) is 55.0 Å². The molecule has 1 aliphatic rings. The quantitative estimate of drug-likeness (QED) is 0.724. The van der Waals surface area contributed by atoms with E-state index in [1.165, 1.54) is 24.3 Å². The molecule has 1 heterocycles. The lowest BCUT2D eigenvalue weighted by atomic mass is 10.2. The topological polar surface area (TPSA) is 81.8 Å². The van der Waals surface area contributed by atoms with E-state index in [0.717, 1.165) is 0 Å². The van der Waals surface area contributed by atoms with Crippen molar-refractivity contribution in [2.75, 3.05) is 38.0 Å². The Morgan fingerprint density at radius 1 is 0.903 bits per heavy atom. The number of nitrogens with one attached hydrogen (secondary N) is 2. The number of urea groups is 1. The van der Waals surface area contributed by atoms with Gasteiger partial charge in [0.15, 0.2) is 0 Å². The Morgan fingerprint density at radius 2 is 1.52 bits per heavy atom. The number of carbonyl (C=O) groups excluding carboxylic acids is 3. The minimum absolute atomic E-state index is 0.174. The second-order valence-electron chi connectivity index (χ2n) is 7.15. The number of anilines is 1. The lowest BCUT2D eigenvalue weighted by molar-refractivity contribution is 0.0762. The summed E-state index contributed by atoms with van der Waals surface area (Å²) >= 11 is 0. The van der Waals surface area contributed by atoms with Crippen LogP contribution in [-0.4, -0.2) is 60.4 Å². The second-order valence-corrected chi connectivity index (χ2v) is 7.15. The number of amides is 4. The van der Waals surface area contributed by atoms with Crippen LogP contribution in [0.2, 0.25) is 0 Å². The zero-order chi connectivity index (χ0) is 22.2. The molecule has 1 saturated heterocycles. The van der Waals surface area contributed by atoms with Gasteiger partial charge in [0.05, 0.1) is 0 Å². The average molecular weight is 424 g/mol. The van der Waals surface area contributed by atoms with Crippen molar-refractivity contribution in [1.29, 1.82) is 0 Å². The summed E-state index contributed by atoms with van der Waals surface area (Å²) in [5.41, 5.74) is 1.50. The molecular weight excluding hydrogens is 399 g/mol. The minimum Gasteiger partial charge on any atom is -0.349 e. The summed E-state index contributed by atoms with van der Waals surface area (Å²) in [6.45, 7) is 5.76. The predicted octanol–water partition coefficient (Wildman–Crippen LogP) is 3.12. The third kappa shape index (κ3) is 5.91. The van der Waals surface area contributed by atoms with Gasteiger partial charge in [0.1, 0.15) is 5.82 Å². The molecule has 0 unspecified atom stereocenters. The first-order valence-electron chi connectivity index (χ1n) is 10.1. The minimum atomic E-state index is -0.388. The summed E-state index contributed by atoms with van der Waals surface area (Å²) in [6.07, 6.45) is 2.24. The Labute approximate surface area is 180 Å². The van der Waals surface area contributed by atoms with Crippen LogP contribution in [0.1, 0.15) is 27.1 Å². The van der Waals surface area contributed by atoms with E-state index in [2.05, 4.69) is 17.2 Å². The van der Waals surface area contributed by atoms with Crippen LogP contribution >= 0.6 is 0 Å². The first-order chi connectivity index (χ1) is 15.0. The summed E-state index contributed by atoms with van der Waals surface area (Å²) in [4.78, 5) is 40.5. The summed E-state index contributed by atoms with van der Waals surface area (Å²) < 4.78 is 13.1. The fraction of sp³-hybridized carbons (Fsp3) is 0.261. The highest BCUT2D eigenvalue weighted by Gasteiger charge is 2.23. The van der Waals surface area contributed by atoms with Crippen molar-refractivity contribution in [3.05, 3.63) is 78.1 Å². The summed E-state index contributed by atoms with van der Waals surface area (Å²) in [5.74, 6) is -0.774. The number of halogens is 1. The smallest absolute Gasteiger partial charge is 0.321 e. The molecule has 4 amide bonds. The molecule has 1 fully saturated rings. The van der Waals surface area contributed by atoms with Crippen LogP contribution < -0.4 is 10.6 Å². The molecule has 2 aromatic carbocycles. The van der Waals surface area contributed by atoms with E-state index in [-0.39, 0.29) is 23.7 Å². The third-order valence-corrected chi connectivity index (χ3v) is 4.97. The zero-order valence-electron chi connectivity index (χ0n) is 17.1. The fourth-order valence-corrected chi connectivity index (χ4v) is 3.27. The molecule has 2 N–H and O–H groups in total. The van der Waals surface area contributed by atoms with Gasteiger partial charge in [0.25, 0.3) is 11.8 Å². The molecule has 0 atom stereocenters. The first kappa shape index (κ1) is 22.0. The van der Waals surface area contributed by atoms with Gasteiger partial charge in [0.2, 0.25) is 0 Å². The Balaban J connectivity index is 1.54. The van der Waals surface area contributed by atoms with Gasteiger partial charge in [-0.3, -0.25) is 9.59 Å². The highest BCUT2D eigenvalue weighted by Crippen LogP contribution is 2.13. The van der Waals surface area contributed by atoms with E-state index in [0.29, 0.717) is 56.0 Å². The highest BCUT2D eigenvalue weighted by atomic mass is 19.1. The summed E-state index contributed by atoms with van der Waals surface area (Å²) in [7, 11) is 0. The lowest BCUT2D eigenvalue weighted by Gasteiger charge is -2.22. The van der Waals surface area contributed by atoms with Crippen molar-refractivity contribution < 1.29 is 18.8 Å². The maximum Gasteiger partial charge on any atom is 0.321 e. The van der Waals surface area contributed by atoms with Crippen molar-refractivity contribution in [3.8, 4) is 0 Å². The van der Waals surface area contributed by atoms with E-state index in [1.807, 2.05) is 0 Å². The molecule has 0 spiro atoms. The number of benzene rings is 2. The van der Waals surface area contributed by atoms with Crippen LogP contribution in [0.3, 0.4) is 0 Å². The third-order valence-electron chi connectivity index (χ3n) is 4.97. The number of hydrogen-bond donors (Lipinski definition) is 2. The van der Waals surface area contributed by atoms with Crippen molar-refractivity contribution in [2.24, 2.45) is 0 Å². The number of nitrogens with zero attached hydrogens (tertiary/aromatic N) is 2. The number of carbonyl (C=O) groups is 3. The second kappa shape index (κ2) is 10.4. The van der Waals surface area contributed by atoms with Gasteiger partial charge in [-0.1, -0.05) is 6.08 Å². The standard InChI is InChI=1S/C23H25FN4O3/c1-2-12-25-21(29)17-6-10-20(11-7-17)26-23(31)28-14-3-13-27(15-16-28)22(30)18-4-8-19(24)9-5-18/h2,4-11H,1,3,12-16H2,(H,25,29)(H,26,31). The van der Waals surface area contributed by atoms with Crippen LogP contribution in [0.5, 0.6) is 0 Å². The molecule has 3 rings (SSSR count). The maximum atomic E-state index is 13.1. The molecule has 2 aromatic rings. The van der Waals surface area contributed by atoms with E-state index in [4.69, 9.17) is 0 Å². The van der Waals surface area contributed by atoms with Crippen LogP contribution in [0.15, 0.2) is 61.2 Å². The van der Waals surface area contributed by atoms with Gasteiger partial charge in [-0.2, -0.15) is 0 Å². The molecule has 0 bridgehead atoms. The van der Waals surface area contributed by atoms with Crippen LogP contribution in [0.4, 0.5) is 14.9 Å². The average Bonchev–Trinajstić information content (AvgIpc) is 3.04. The Hall–Kier alpha value is -3.68. The molecule has 0 radical (unpaired) electrons. The van der Waals surface area contributed by atoms with E-state index in [1.54, 1.807) is 40.1 Å². The molecular formula is C23H25FN4O3. The Bertz CT molecular complexity index is 944. The molecule has 0 aromatic heterocycles. The molecule has 162 valence electrons. The number of rotatable bonds is 5. The molecule has 7 nitrogen and oxygen atoms in total. The zero-order valence-corrected chi connectivity index (χ0v) is 17.1. The molecule has 0 aliphatic carbocycles. The maximum absolute atomic E-state index is 13.1. The molecule has 1 aliphatic heterocycles. The van der Waals surface area contributed by atoms with Crippen LogP contribution in [0, 0.1) is 5.82 Å². The summed E-state index contributed by atoms with van der Waals surface area (Å²) in [6, 6.07) is 11.8. The van der Waals surface area contributed by atoms with E-state index >= 15 is 0 Å². The van der Waals surface area contributed by atoms with E-state index < -0.39 is 0 Å². The van der Waals surface area contributed by atoms with Gasteiger partial charge in [-0.25, -0.2) is 9.18 Å². The monoisotopic (exact) mass is 424 g/mol. The Kier molecular flexibility index (Phi) is 7.37. The first-order valence-corrected chi connectivity index (χ1v) is 10.1. The van der Waals surface area contributed by atoms with Crippen molar-refractivity contribution in [3.63, 3.8) is 0 Å². The normalized spacial score (nSPS) is 13.8. The lowest BCUT2D eigenvalue weighted by Crippen LogP contribution is -2.39. The van der Waals surface area contributed by atoms with Crippen molar-refractivity contribution >= 4 is 23.5 Å². The highest BCUT2D eigenvalue weighted by molar-refractivity contribution is 5.96. The van der Waals surface area contributed by atoms with Crippen molar-refractivity contribution in [2.45, 2.75) is 6.42 Å². The largest absolute Gasteiger partial charge is 0.349 e. The van der Waals surface area contributed by atoms with Crippen LogP contribution in [-0.2, 0) is 0 Å². The van der Waals surface area contributed by atoms with Gasteiger partial charge in [0, 0.05) is 49.5 Å². The SMILES string of the molecule is C=CCNC(=O)c1ccc(NC(=O)N2CCCN(C(=O)c3ccc(F)cc3)CC2)cc1. The molecule has 0 saturated carbocycles. The molecule has 8 heteroatoms. The van der Waals surface area contributed by atoms with Crippen LogP contribution in [0.25, 0.3) is 0 Å². The van der Waals surface area contributed by atoms with Crippen molar-refractivity contribution in [1.82, 2.24) is 15.1 Å². The fourth-order valence-electron chi connectivity index (χ4n) is 3.27. The Morgan fingerprint density at radius 3 is 2.19 bits per heavy atom. The summed E-state index contributed by atoms with van der Waals surface area (Å²) in [5, 5.41) is 5.52. The van der Waals surface area contributed by atoms with Gasteiger partial charge < -0.3 is 20.4 Å². The molecule has 31 heavy (non-hydrogen) atoms. The predicted molar refractivity (Wildman–Crippen MR) is 116 cm³/mol. The number of hydrogen-bond acceptors (Lipinski definition) is 3.